The molecule has 5 atom stereocenters. The molecule has 1 aromatic carbocycles. The highest BCUT2D eigenvalue weighted by molar-refractivity contribution is 6.74. The van der Waals surface area contributed by atoms with Crippen molar-refractivity contribution in [3.05, 3.63) is 35.9 Å². The van der Waals surface area contributed by atoms with Gasteiger partial charge in [0.1, 0.15) is 23.7 Å². The second-order valence-electron chi connectivity index (χ2n) is 12.2. The molecule has 2 aliphatic rings. The zero-order valence-corrected chi connectivity index (χ0v) is 25.0. The van der Waals surface area contributed by atoms with Gasteiger partial charge in [-0.2, -0.15) is 0 Å². The Kier molecular flexibility index (Phi) is 8.94. The number of hydrogen-bond acceptors (Lipinski definition) is 8. The van der Waals surface area contributed by atoms with Gasteiger partial charge in [0.15, 0.2) is 20.7 Å². The quantitative estimate of drug-likeness (QED) is 0.204. The van der Waals surface area contributed by atoms with Gasteiger partial charge in [-0.1, -0.05) is 58.0 Å². The maximum absolute atomic E-state index is 13.1. The summed E-state index contributed by atoms with van der Waals surface area (Å²) in [6.45, 7) is 17.2. The highest BCUT2D eigenvalue weighted by atomic mass is 28.4. The predicted molar refractivity (Wildman–Crippen MR) is 143 cm³/mol. The summed E-state index contributed by atoms with van der Waals surface area (Å²) in [5, 5.41) is 11.1. The number of nitrogens with zero attached hydrogens (tertiary/aromatic N) is 1. The van der Waals surface area contributed by atoms with Gasteiger partial charge in [-0.05, 0) is 43.5 Å². The van der Waals surface area contributed by atoms with Crippen LogP contribution in [0.25, 0.3) is 0 Å². The monoisotopic (exact) mass is 549 g/mol. The van der Waals surface area contributed by atoms with E-state index in [9.17, 15) is 19.5 Å². The van der Waals surface area contributed by atoms with Crippen LogP contribution in [0, 0.1) is 11.3 Å². The topological polar surface area (TPSA) is 112 Å². The second kappa shape index (κ2) is 11.2. The average molecular weight is 550 g/mol. The van der Waals surface area contributed by atoms with Gasteiger partial charge in [0, 0.05) is 6.92 Å². The first-order valence-corrected chi connectivity index (χ1v) is 16.1. The molecule has 0 saturated carbocycles. The SMILES string of the molecule is CC(=O)O[C@H]1[C@H](O)[C@@H](COCc2ccccc2)O[C@@H](O[Si](C)(C)C(C)(C)C(C)C)[C@@H]1N1C(=O)C(C)(C)C1=O. The molecular weight excluding hydrogens is 506 g/mol. The predicted octanol–water partition coefficient (Wildman–Crippen LogP) is 3.64. The Morgan fingerprint density at radius 1 is 1.16 bits per heavy atom. The van der Waals surface area contributed by atoms with E-state index < -0.39 is 62.2 Å². The summed E-state index contributed by atoms with van der Waals surface area (Å²) in [6.07, 6.45) is -4.63. The van der Waals surface area contributed by atoms with Crippen molar-refractivity contribution in [1.29, 1.82) is 0 Å². The van der Waals surface area contributed by atoms with Gasteiger partial charge in [0.25, 0.3) is 0 Å². The molecule has 0 aliphatic carbocycles. The number of aliphatic hydroxyl groups is 1. The first-order chi connectivity index (χ1) is 17.5. The third kappa shape index (κ3) is 5.74. The molecule has 10 heteroatoms. The number of likely N-dealkylation sites (tertiary alicyclic amines) is 1. The van der Waals surface area contributed by atoms with Crippen LogP contribution in [0.15, 0.2) is 30.3 Å². The van der Waals surface area contributed by atoms with E-state index in [1.165, 1.54) is 6.92 Å². The van der Waals surface area contributed by atoms with Crippen molar-refractivity contribution in [2.75, 3.05) is 6.61 Å². The second-order valence-corrected chi connectivity index (χ2v) is 16.8. The molecule has 1 N–H and O–H groups in total. The number of imide groups is 1. The summed E-state index contributed by atoms with van der Waals surface area (Å²) in [5.41, 5.74) is -0.262. The third-order valence-electron chi connectivity index (χ3n) is 8.55. The smallest absolute Gasteiger partial charge is 0.303 e. The maximum atomic E-state index is 13.1. The van der Waals surface area contributed by atoms with E-state index in [0.717, 1.165) is 10.5 Å². The van der Waals surface area contributed by atoms with Crippen LogP contribution in [0.2, 0.25) is 18.1 Å². The lowest BCUT2D eigenvalue weighted by atomic mass is 9.78. The fourth-order valence-electron chi connectivity index (χ4n) is 4.75. The number of amides is 2. The first kappa shape index (κ1) is 30.4. The molecule has 0 aromatic heterocycles. The van der Waals surface area contributed by atoms with Crippen molar-refractivity contribution in [1.82, 2.24) is 4.90 Å². The van der Waals surface area contributed by atoms with Crippen LogP contribution in [0.1, 0.15) is 54.0 Å². The van der Waals surface area contributed by atoms with Crippen LogP contribution in [0.4, 0.5) is 0 Å². The molecule has 0 bridgehead atoms. The van der Waals surface area contributed by atoms with Gasteiger partial charge in [-0.3, -0.25) is 19.3 Å². The van der Waals surface area contributed by atoms with Gasteiger partial charge in [0.2, 0.25) is 11.8 Å². The number of hydrogen-bond donors (Lipinski definition) is 1. The fourth-order valence-corrected chi connectivity index (χ4v) is 7.22. The standard InChI is InChI=1S/C28H43NO8Si/c1-17(2)28(6,7)38(8,9)37-24-21(29-25(32)27(4,5)26(29)33)23(35-18(3)30)22(31)20(36-24)16-34-15-19-13-11-10-12-14-19/h10-14,17,20-24,31H,15-16H2,1-9H3/t20-,21-,22-,23-,24+/m1/s1. The molecule has 2 saturated heterocycles. The van der Waals surface area contributed by atoms with Crippen molar-refractivity contribution in [2.24, 2.45) is 11.3 Å². The van der Waals surface area contributed by atoms with Crippen LogP contribution < -0.4 is 0 Å². The van der Waals surface area contributed by atoms with Crippen molar-refractivity contribution < 1.29 is 38.1 Å². The molecule has 1 aromatic rings. The molecule has 0 unspecified atom stereocenters. The van der Waals surface area contributed by atoms with Crippen molar-refractivity contribution >= 4 is 26.1 Å². The zero-order valence-electron chi connectivity index (χ0n) is 24.0. The molecule has 3 rings (SSSR count). The van der Waals surface area contributed by atoms with Crippen LogP contribution in [-0.4, -0.2) is 73.4 Å². The van der Waals surface area contributed by atoms with E-state index in [-0.39, 0.29) is 17.6 Å². The summed E-state index contributed by atoms with van der Waals surface area (Å²) >= 11 is 0. The van der Waals surface area contributed by atoms with Crippen LogP contribution in [0.5, 0.6) is 0 Å². The van der Waals surface area contributed by atoms with E-state index in [4.69, 9.17) is 18.6 Å². The summed E-state index contributed by atoms with van der Waals surface area (Å²) in [4.78, 5) is 39.4. The van der Waals surface area contributed by atoms with Crippen LogP contribution in [-0.2, 0) is 39.6 Å². The lowest BCUT2D eigenvalue weighted by Gasteiger charge is -2.55. The Labute approximate surface area is 226 Å². The van der Waals surface area contributed by atoms with Gasteiger partial charge in [-0.25, -0.2) is 0 Å². The molecule has 2 fully saturated rings. The molecule has 38 heavy (non-hydrogen) atoms. The molecule has 2 aliphatic heterocycles. The number of β-lactam (4-membered cyclic amide) rings is 2. The average Bonchev–Trinajstić information content (AvgIpc) is 2.83. The van der Waals surface area contributed by atoms with E-state index in [0.29, 0.717) is 6.61 Å². The Hall–Kier alpha value is -2.11. The highest BCUT2D eigenvalue weighted by Crippen LogP contribution is 2.47. The summed E-state index contributed by atoms with van der Waals surface area (Å²) in [6, 6.07) is 8.43. The Bertz CT molecular complexity index is 1010. The van der Waals surface area contributed by atoms with Crippen molar-refractivity contribution in [2.45, 2.75) is 104 Å². The number of esters is 1. The lowest BCUT2D eigenvalue weighted by molar-refractivity contribution is -0.275. The minimum absolute atomic E-state index is 0.0106. The number of rotatable bonds is 10. The minimum atomic E-state index is -2.58. The van der Waals surface area contributed by atoms with E-state index >= 15 is 0 Å². The molecular formula is C28H43NO8Si. The molecule has 2 heterocycles. The zero-order chi connectivity index (χ0) is 28.6. The Morgan fingerprint density at radius 2 is 1.74 bits per heavy atom. The molecule has 0 radical (unpaired) electrons. The van der Waals surface area contributed by atoms with Crippen molar-refractivity contribution in [3.8, 4) is 0 Å². The summed E-state index contributed by atoms with van der Waals surface area (Å²) in [5.74, 6) is -1.24. The number of benzene rings is 1. The summed E-state index contributed by atoms with van der Waals surface area (Å²) in [7, 11) is -2.58. The number of carbonyl (C=O) groups is 3. The lowest BCUT2D eigenvalue weighted by Crippen LogP contribution is -2.76. The maximum Gasteiger partial charge on any atom is 0.303 e. The van der Waals surface area contributed by atoms with E-state index in [1.54, 1.807) is 13.8 Å². The van der Waals surface area contributed by atoms with Crippen molar-refractivity contribution in [3.63, 3.8) is 0 Å². The largest absolute Gasteiger partial charge is 0.457 e. The minimum Gasteiger partial charge on any atom is -0.457 e. The molecule has 212 valence electrons. The normalized spacial score (nSPS) is 27.9. The number of ether oxygens (including phenoxy) is 3. The van der Waals surface area contributed by atoms with Gasteiger partial charge >= 0.3 is 5.97 Å². The number of aliphatic hydroxyl groups excluding tert-OH is 1. The highest BCUT2D eigenvalue weighted by Gasteiger charge is 2.64. The Balaban J connectivity index is 1.95. The molecule has 0 spiro atoms. The number of carbonyl (C=O) groups excluding carboxylic acids is 3. The van der Waals surface area contributed by atoms with E-state index in [1.807, 2.05) is 30.3 Å². The van der Waals surface area contributed by atoms with Crippen LogP contribution in [0.3, 0.4) is 0 Å². The Morgan fingerprint density at radius 3 is 2.26 bits per heavy atom. The fraction of sp³-hybridized carbons (Fsp3) is 0.679. The summed E-state index contributed by atoms with van der Waals surface area (Å²) < 4.78 is 24.4. The third-order valence-corrected chi connectivity index (χ3v) is 13.1. The first-order valence-electron chi connectivity index (χ1n) is 13.2. The van der Waals surface area contributed by atoms with Crippen LogP contribution >= 0.6 is 0 Å². The van der Waals surface area contributed by atoms with Gasteiger partial charge in [-0.15, -0.1) is 0 Å². The molecule has 2 amide bonds. The van der Waals surface area contributed by atoms with E-state index in [2.05, 4.69) is 40.8 Å². The molecule has 9 nitrogen and oxygen atoms in total. The van der Waals surface area contributed by atoms with Gasteiger partial charge in [0.05, 0.1) is 13.2 Å². The van der Waals surface area contributed by atoms with Gasteiger partial charge < -0.3 is 23.7 Å².